The Bertz CT molecular complexity index is 703. The van der Waals surface area contributed by atoms with E-state index in [1.165, 1.54) is 12.0 Å². The molecule has 0 aromatic rings. The maximum absolute atomic E-state index is 14.0. The van der Waals surface area contributed by atoms with Crippen LogP contribution in [0, 0.1) is 5.92 Å². The number of piperidine rings is 1. The highest BCUT2D eigenvalue weighted by Crippen LogP contribution is 2.45. The van der Waals surface area contributed by atoms with Gasteiger partial charge in [-0.1, -0.05) is 41.0 Å². The summed E-state index contributed by atoms with van der Waals surface area (Å²) in [5.41, 5.74) is 0. The molecule has 2 fully saturated rings. The number of esters is 1. The SMILES string of the molecule is CCC[C@@H]1CC[C@@H](C)C(O[Si](C)(C)C(C)(C)C)(C(=O)C(=O)N2CCCC[C@H]2C(=O)OC)O1. The minimum Gasteiger partial charge on any atom is -0.467 e. The van der Waals surface area contributed by atoms with Crippen LogP contribution in [0.25, 0.3) is 0 Å². The number of ketones is 1. The summed E-state index contributed by atoms with van der Waals surface area (Å²) in [6.07, 6.45) is 5.25. The van der Waals surface area contributed by atoms with Crippen molar-refractivity contribution in [2.75, 3.05) is 13.7 Å². The molecule has 2 aliphatic heterocycles. The average Bonchev–Trinajstić information content (AvgIpc) is 2.73. The van der Waals surface area contributed by atoms with Gasteiger partial charge in [0.05, 0.1) is 13.2 Å². The molecule has 32 heavy (non-hydrogen) atoms. The molecule has 0 N–H and O–H groups in total. The van der Waals surface area contributed by atoms with Crippen molar-refractivity contribution in [3.05, 3.63) is 0 Å². The van der Waals surface area contributed by atoms with E-state index in [9.17, 15) is 14.4 Å². The zero-order chi connectivity index (χ0) is 24.3. The van der Waals surface area contributed by atoms with Crippen molar-refractivity contribution in [1.82, 2.24) is 4.90 Å². The van der Waals surface area contributed by atoms with Crippen LogP contribution >= 0.6 is 0 Å². The van der Waals surface area contributed by atoms with E-state index in [2.05, 4.69) is 40.8 Å². The van der Waals surface area contributed by atoms with E-state index in [4.69, 9.17) is 13.9 Å². The second-order valence-electron chi connectivity index (χ2n) is 10.9. The van der Waals surface area contributed by atoms with Crippen LogP contribution in [0.15, 0.2) is 0 Å². The topological polar surface area (TPSA) is 82.1 Å². The minimum atomic E-state index is -2.47. The summed E-state index contributed by atoms with van der Waals surface area (Å²) in [6.45, 7) is 14.8. The molecule has 7 nitrogen and oxygen atoms in total. The first-order chi connectivity index (χ1) is 14.8. The Morgan fingerprint density at radius 1 is 1.12 bits per heavy atom. The van der Waals surface area contributed by atoms with Gasteiger partial charge in [0.25, 0.3) is 11.7 Å². The first-order valence-corrected chi connectivity index (χ1v) is 15.0. The van der Waals surface area contributed by atoms with Crippen LogP contribution < -0.4 is 0 Å². The lowest BCUT2D eigenvalue weighted by Crippen LogP contribution is -2.65. The quantitative estimate of drug-likeness (QED) is 0.311. The Hall–Kier alpha value is -1.25. The largest absolute Gasteiger partial charge is 0.467 e. The van der Waals surface area contributed by atoms with Gasteiger partial charge in [0.15, 0.2) is 8.32 Å². The Morgan fingerprint density at radius 2 is 1.78 bits per heavy atom. The van der Waals surface area contributed by atoms with E-state index < -0.39 is 37.8 Å². The lowest BCUT2D eigenvalue weighted by molar-refractivity contribution is -0.255. The molecule has 4 atom stereocenters. The molecule has 0 radical (unpaired) electrons. The van der Waals surface area contributed by atoms with Crippen LogP contribution in [-0.2, 0) is 28.3 Å². The fraction of sp³-hybridized carbons (Fsp3) is 0.875. The summed E-state index contributed by atoms with van der Waals surface area (Å²) in [7, 11) is -1.16. The van der Waals surface area contributed by atoms with Crippen LogP contribution in [0.4, 0.5) is 0 Å². The predicted octanol–water partition coefficient (Wildman–Crippen LogP) is 4.44. The average molecular weight is 470 g/mol. The predicted molar refractivity (Wildman–Crippen MR) is 126 cm³/mol. The molecule has 0 aliphatic carbocycles. The summed E-state index contributed by atoms with van der Waals surface area (Å²) < 4.78 is 18.1. The van der Waals surface area contributed by atoms with E-state index in [-0.39, 0.29) is 17.1 Å². The number of methoxy groups -OCH3 is 1. The summed E-state index contributed by atoms with van der Waals surface area (Å²) in [5.74, 6) is -3.72. The Morgan fingerprint density at radius 3 is 2.34 bits per heavy atom. The summed E-state index contributed by atoms with van der Waals surface area (Å²) in [5, 5.41) is -0.163. The van der Waals surface area contributed by atoms with E-state index in [1.54, 1.807) is 0 Å². The zero-order valence-electron chi connectivity index (χ0n) is 21.3. The molecule has 0 aromatic heterocycles. The fourth-order valence-corrected chi connectivity index (χ4v) is 5.80. The fourth-order valence-electron chi connectivity index (χ4n) is 4.39. The first kappa shape index (κ1) is 27.0. The van der Waals surface area contributed by atoms with E-state index >= 15 is 0 Å². The highest BCUT2D eigenvalue weighted by molar-refractivity contribution is 6.74. The van der Waals surface area contributed by atoms with Gasteiger partial charge in [0, 0.05) is 12.5 Å². The van der Waals surface area contributed by atoms with Gasteiger partial charge in [-0.05, 0) is 56.7 Å². The molecule has 0 saturated carbocycles. The van der Waals surface area contributed by atoms with Crippen molar-refractivity contribution in [2.45, 2.75) is 116 Å². The van der Waals surface area contributed by atoms with Crippen molar-refractivity contribution < 1.29 is 28.3 Å². The molecule has 2 heterocycles. The van der Waals surface area contributed by atoms with Gasteiger partial charge < -0.3 is 18.8 Å². The molecule has 184 valence electrons. The number of carbonyl (C=O) groups is 3. The number of rotatable bonds is 7. The number of nitrogens with zero attached hydrogens (tertiary/aromatic N) is 1. The third kappa shape index (κ3) is 5.45. The van der Waals surface area contributed by atoms with Crippen molar-refractivity contribution in [3.8, 4) is 0 Å². The van der Waals surface area contributed by atoms with Crippen molar-refractivity contribution in [1.29, 1.82) is 0 Å². The molecular formula is C24H43NO6Si. The van der Waals surface area contributed by atoms with Crippen LogP contribution in [0.5, 0.6) is 0 Å². The van der Waals surface area contributed by atoms with E-state index in [1.807, 2.05) is 6.92 Å². The number of Topliss-reactive ketones (excluding diaryl/α,β-unsaturated/α-hetero) is 1. The molecule has 0 bridgehead atoms. The summed E-state index contributed by atoms with van der Waals surface area (Å²) in [4.78, 5) is 41.3. The van der Waals surface area contributed by atoms with E-state index in [0.29, 0.717) is 13.0 Å². The molecule has 0 spiro atoms. The third-order valence-electron chi connectivity index (χ3n) is 7.48. The number of hydrogen-bond acceptors (Lipinski definition) is 6. The Kier molecular flexibility index (Phi) is 8.73. The number of ether oxygens (including phenoxy) is 2. The molecular weight excluding hydrogens is 426 g/mol. The van der Waals surface area contributed by atoms with Crippen LogP contribution in [0.1, 0.15) is 79.6 Å². The first-order valence-electron chi connectivity index (χ1n) is 12.1. The van der Waals surface area contributed by atoms with E-state index in [0.717, 1.165) is 38.5 Å². The van der Waals surface area contributed by atoms with Gasteiger partial charge in [-0.3, -0.25) is 9.59 Å². The zero-order valence-corrected chi connectivity index (χ0v) is 22.3. The molecule has 8 heteroatoms. The Balaban J connectivity index is 2.47. The van der Waals surface area contributed by atoms with Crippen LogP contribution in [0.2, 0.25) is 18.1 Å². The molecule has 1 amide bonds. The normalized spacial score (nSPS) is 29.5. The summed E-state index contributed by atoms with van der Waals surface area (Å²) in [6, 6.07) is -0.736. The maximum Gasteiger partial charge on any atom is 0.328 e. The number of amides is 1. The number of hydrogen-bond donors (Lipinski definition) is 0. The van der Waals surface area contributed by atoms with Crippen LogP contribution in [-0.4, -0.2) is 62.5 Å². The molecule has 1 unspecified atom stereocenters. The van der Waals surface area contributed by atoms with Crippen molar-refractivity contribution in [2.24, 2.45) is 5.92 Å². The smallest absolute Gasteiger partial charge is 0.328 e. The van der Waals surface area contributed by atoms with Gasteiger partial charge in [0.1, 0.15) is 6.04 Å². The third-order valence-corrected chi connectivity index (χ3v) is 11.9. The van der Waals surface area contributed by atoms with Gasteiger partial charge in [-0.25, -0.2) is 4.79 Å². The van der Waals surface area contributed by atoms with Crippen molar-refractivity contribution in [3.63, 3.8) is 0 Å². The molecule has 2 aliphatic rings. The van der Waals surface area contributed by atoms with Crippen molar-refractivity contribution >= 4 is 26.0 Å². The standard InChI is InChI=1S/C24H43NO6Si/c1-9-12-18-15-14-17(2)24(30-18,31-32(7,8)23(3,4)5)20(26)21(27)25-16-11-10-13-19(25)22(28)29-6/h17-19H,9-16H2,1-8H3/t17-,18-,19+,24?/m1/s1. The monoisotopic (exact) mass is 469 g/mol. The second-order valence-corrected chi connectivity index (χ2v) is 15.6. The molecule has 2 saturated heterocycles. The molecule has 2 rings (SSSR count). The van der Waals surface area contributed by atoms with Gasteiger partial charge in [0.2, 0.25) is 5.79 Å². The second kappa shape index (κ2) is 10.3. The highest BCUT2D eigenvalue weighted by Gasteiger charge is 2.58. The lowest BCUT2D eigenvalue weighted by atomic mass is 9.85. The number of likely N-dealkylation sites (tertiary alicyclic amines) is 1. The lowest BCUT2D eigenvalue weighted by Gasteiger charge is -2.50. The van der Waals surface area contributed by atoms with Crippen LogP contribution in [0.3, 0.4) is 0 Å². The number of carbonyl (C=O) groups excluding carboxylic acids is 3. The van der Waals surface area contributed by atoms with Gasteiger partial charge in [-0.15, -0.1) is 0 Å². The minimum absolute atomic E-state index is 0.129. The maximum atomic E-state index is 14.0. The highest BCUT2D eigenvalue weighted by atomic mass is 28.4. The Labute approximate surface area is 194 Å². The molecule has 0 aromatic carbocycles. The van der Waals surface area contributed by atoms with Gasteiger partial charge in [-0.2, -0.15) is 0 Å². The summed E-state index contributed by atoms with van der Waals surface area (Å²) >= 11 is 0. The van der Waals surface area contributed by atoms with Gasteiger partial charge >= 0.3 is 5.97 Å².